The molecule has 0 bridgehead atoms. The molecule has 2 unspecified atom stereocenters. The van der Waals surface area contributed by atoms with Crippen molar-refractivity contribution in [3.05, 3.63) is 24.3 Å². The number of para-hydroxylation sites is 2. The van der Waals surface area contributed by atoms with E-state index in [0.717, 1.165) is 0 Å². The van der Waals surface area contributed by atoms with Gasteiger partial charge in [-0.05, 0) is 25.0 Å². The van der Waals surface area contributed by atoms with Crippen LogP contribution in [0.15, 0.2) is 24.3 Å². The lowest BCUT2D eigenvalue weighted by Crippen LogP contribution is -2.35. The lowest BCUT2D eigenvalue weighted by molar-refractivity contribution is -0.145. The minimum Gasteiger partial charge on any atom is -0.495 e. The molecule has 0 aliphatic heterocycles. The fourth-order valence-corrected chi connectivity index (χ4v) is 4.46. The normalized spacial score (nSPS) is 21.8. The minimum absolute atomic E-state index is 0.371. The molecule has 2 rings (SSSR count). The number of hydrogen-bond donors (Lipinski definition) is 1. The maximum atomic E-state index is 12.5. The van der Waals surface area contributed by atoms with Crippen molar-refractivity contribution in [2.45, 2.75) is 24.5 Å². The number of carbonyl (C=O) groups excluding carboxylic acids is 1. The van der Waals surface area contributed by atoms with Crippen LogP contribution >= 0.6 is 0 Å². The van der Waals surface area contributed by atoms with Crippen LogP contribution in [-0.4, -0.2) is 33.9 Å². The first-order valence-electron chi connectivity index (χ1n) is 6.72. The zero-order chi connectivity index (χ0) is 15.5. The van der Waals surface area contributed by atoms with E-state index >= 15 is 0 Å². The first-order chi connectivity index (χ1) is 9.99. The molecule has 1 aliphatic carbocycles. The van der Waals surface area contributed by atoms with Gasteiger partial charge >= 0.3 is 5.97 Å². The highest BCUT2D eigenvalue weighted by atomic mass is 32.2. The zero-order valence-corrected chi connectivity index (χ0v) is 12.9. The number of rotatable bonds is 5. The molecule has 0 heterocycles. The van der Waals surface area contributed by atoms with Crippen LogP contribution in [0.3, 0.4) is 0 Å². The second-order valence-corrected chi connectivity index (χ2v) is 6.85. The standard InChI is InChI=1S/C14H19NO5S/c1-19-12-8-4-3-7-11(12)15-21(17,18)13-9-5-6-10(13)14(16)20-2/h3-4,7-8,10,13,15H,5-6,9H2,1-2H3. The molecule has 0 spiro atoms. The molecule has 1 aromatic rings. The number of methoxy groups -OCH3 is 2. The monoisotopic (exact) mass is 313 g/mol. The van der Waals surface area contributed by atoms with E-state index in [0.29, 0.717) is 30.7 Å². The third-order valence-corrected chi connectivity index (χ3v) is 5.58. The number of benzene rings is 1. The summed E-state index contributed by atoms with van der Waals surface area (Å²) in [6.45, 7) is 0. The van der Waals surface area contributed by atoms with Gasteiger partial charge in [-0.15, -0.1) is 0 Å². The lowest BCUT2D eigenvalue weighted by Gasteiger charge is -2.20. The smallest absolute Gasteiger partial charge is 0.310 e. The molecule has 0 saturated heterocycles. The number of carbonyl (C=O) groups is 1. The van der Waals surface area contributed by atoms with Crippen molar-refractivity contribution < 1.29 is 22.7 Å². The van der Waals surface area contributed by atoms with Gasteiger partial charge in [0.2, 0.25) is 10.0 Å². The summed E-state index contributed by atoms with van der Waals surface area (Å²) in [6.07, 6.45) is 1.67. The zero-order valence-electron chi connectivity index (χ0n) is 12.0. The van der Waals surface area contributed by atoms with Crippen molar-refractivity contribution in [3.8, 4) is 5.75 Å². The molecule has 21 heavy (non-hydrogen) atoms. The van der Waals surface area contributed by atoms with E-state index in [2.05, 4.69) is 4.72 Å². The number of nitrogens with one attached hydrogen (secondary N) is 1. The third kappa shape index (κ3) is 3.29. The first kappa shape index (κ1) is 15.6. The van der Waals surface area contributed by atoms with E-state index in [4.69, 9.17) is 9.47 Å². The van der Waals surface area contributed by atoms with Crippen LogP contribution in [0.1, 0.15) is 19.3 Å². The van der Waals surface area contributed by atoms with Crippen LogP contribution in [0, 0.1) is 5.92 Å². The minimum atomic E-state index is -3.68. The van der Waals surface area contributed by atoms with E-state index in [1.807, 2.05) is 0 Å². The Kier molecular flexibility index (Phi) is 4.72. The van der Waals surface area contributed by atoms with E-state index < -0.39 is 27.2 Å². The Balaban J connectivity index is 2.24. The Hall–Kier alpha value is -1.76. The molecular weight excluding hydrogens is 294 g/mol. The van der Waals surface area contributed by atoms with Gasteiger partial charge in [0, 0.05) is 0 Å². The molecule has 7 heteroatoms. The topological polar surface area (TPSA) is 81.7 Å². The average Bonchev–Trinajstić information content (AvgIpc) is 2.97. The molecule has 1 saturated carbocycles. The van der Waals surface area contributed by atoms with Gasteiger partial charge in [-0.25, -0.2) is 8.42 Å². The highest BCUT2D eigenvalue weighted by Gasteiger charge is 2.42. The van der Waals surface area contributed by atoms with Gasteiger partial charge in [0.15, 0.2) is 0 Å². The Morgan fingerprint density at radius 3 is 2.62 bits per heavy atom. The van der Waals surface area contributed by atoms with Gasteiger partial charge in [-0.2, -0.15) is 0 Å². The van der Waals surface area contributed by atoms with Crippen LogP contribution < -0.4 is 9.46 Å². The summed E-state index contributed by atoms with van der Waals surface area (Å²) in [5.74, 6) is -0.640. The summed E-state index contributed by atoms with van der Waals surface area (Å²) < 4.78 is 37.4. The molecule has 0 radical (unpaired) electrons. The van der Waals surface area contributed by atoms with E-state index in [1.165, 1.54) is 14.2 Å². The molecule has 1 aliphatic rings. The summed E-state index contributed by atoms with van der Waals surface area (Å²) in [5, 5.41) is -0.769. The molecule has 0 aromatic heterocycles. The first-order valence-corrected chi connectivity index (χ1v) is 8.26. The maximum Gasteiger partial charge on any atom is 0.310 e. The highest BCUT2D eigenvalue weighted by molar-refractivity contribution is 7.93. The van der Waals surface area contributed by atoms with Crippen LogP contribution in [0.25, 0.3) is 0 Å². The number of hydrogen-bond acceptors (Lipinski definition) is 5. The fourth-order valence-electron chi connectivity index (χ4n) is 2.68. The third-order valence-electron chi connectivity index (χ3n) is 3.71. The van der Waals surface area contributed by atoms with Gasteiger partial charge in [-0.1, -0.05) is 18.6 Å². The summed E-state index contributed by atoms with van der Waals surface area (Å²) in [6, 6.07) is 6.76. The summed E-state index contributed by atoms with van der Waals surface area (Å²) in [4.78, 5) is 11.7. The van der Waals surface area contributed by atoms with Crippen LogP contribution in [0.5, 0.6) is 5.75 Å². The molecule has 0 amide bonds. The molecule has 116 valence electrons. The van der Waals surface area contributed by atoms with Crippen molar-refractivity contribution in [1.82, 2.24) is 0 Å². The van der Waals surface area contributed by atoms with Gasteiger partial charge in [0.25, 0.3) is 0 Å². The van der Waals surface area contributed by atoms with Crippen LogP contribution in [0.2, 0.25) is 0 Å². The second-order valence-electron chi connectivity index (χ2n) is 4.95. The molecule has 1 N–H and O–H groups in total. The molecule has 2 atom stereocenters. The number of anilines is 1. The summed E-state index contributed by atoms with van der Waals surface area (Å²) in [5.41, 5.74) is 0.371. The van der Waals surface area contributed by atoms with E-state index in [9.17, 15) is 13.2 Å². The van der Waals surface area contributed by atoms with Crippen molar-refractivity contribution >= 4 is 21.7 Å². The molecule has 1 aromatic carbocycles. The Bertz CT molecular complexity index is 614. The van der Waals surface area contributed by atoms with Gasteiger partial charge in [0.1, 0.15) is 5.75 Å². The van der Waals surface area contributed by atoms with Crippen molar-refractivity contribution in [2.75, 3.05) is 18.9 Å². The molecule has 1 fully saturated rings. The highest BCUT2D eigenvalue weighted by Crippen LogP contribution is 2.34. The molecular formula is C14H19NO5S. The quantitative estimate of drug-likeness (QED) is 0.838. The summed E-state index contributed by atoms with van der Waals surface area (Å²) >= 11 is 0. The van der Waals surface area contributed by atoms with Gasteiger partial charge in [-0.3, -0.25) is 9.52 Å². The Labute approximate surface area is 124 Å². The number of sulfonamides is 1. The Morgan fingerprint density at radius 1 is 1.24 bits per heavy atom. The SMILES string of the molecule is COC(=O)C1CCCC1S(=O)(=O)Nc1ccccc1OC. The second kappa shape index (κ2) is 6.34. The average molecular weight is 313 g/mol. The predicted octanol–water partition coefficient (Wildman–Crippen LogP) is 1.78. The predicted molar refractivity (Wildman–Crippen MR) is 78.7 cm³/mol. The lowest BCUT2D eigenvalue weighted by atomic mass is 10.1. The van der Waals surface area contributed by atoms with Crippen molar-refractivity contribution in [3.63, 3.8) is 0 Å². The number of esters is 1. The number of ether oxygens (including phenoxy) is 2. The van der Waals surface area contributed by atoms with E-state index in [-0.39, 0.29) is 0 Å². The maximum absolute atomic E-state index is 12.5. The molecule has 6 nitrogen and oxygen atoms in total. The van der Waals surface area contributed by atoms with E-state index in [1.54, 1.807) is 24.3 Å². The van der Waals surface area contributed by atoms with Gasteiger partial charge in [0.05, 0.1) is 31.1 Å². The van der Waals surface area contributed by atoms with Crippen LogP contribution in [-0.2, 0) is 19.6 Å². The fraction of sp³-hybridized carbons (Fsp3) is 0.500. The van der Waals surface area contributed by atoms with Crippen molar-refractivity contribution in [1.29, 1.82) is 0 Å². The Morgan fingerprint density at radius 2 is 1.95 bits per heavy atom. The van der Waals surface area contributed by atoms with Crippen molar-refractivity contribution in [2.24, 2.45) is 5.92 Å². The van der Waals surface area contributed by atoms with Gasteiger partial charge < -0.3 is 9.47 Å². The summed E-state index contributed by atoms with van der Waals surface area (Å²) in [7, 11) is -0.933. The van der Waals surface area contributed by atoms with Crippen LogP contribution in [0.4, 0.5) is 5.69 Å². The largest absolute Gasteiger partial charge is 0.495 e.